The van der Waals surface area contributed by atoms with Gasteiger partial charge in [0.15, 0.2) is 0 Å². The van der Waals surface area contributed by atoms with Gasteiger partial charge in [-0.25, -0.2) is 4.79 Å². The standard InChI is InChI=1S/C20H26O3/c1-11-13-9-12-5-6-16-19(2,3)17(21)7-8-20(16,4)14(12)10-15(13)23-18(11)22/h9,14-16H,5-8,10H2,1-4H3/t14-,15?,16-,20+/m1/s1. The summed E-state index contributed by atoms with van der Waals surface area (Å²) in [5.74, 6) is 1.15. The first-order chi connectivity index (χ1) is 10.7. The molecule has 0 amide bonds. The molecule has 2 saturated carbocycles. The van der Waals surface area contributed by atoms with Crippen LogP contribution in [0.2, 0.25) is 0 Å². The van der Waals surface area contributed by atoms with Crippen LogP contribution in [0.1, 0.15) is 59.8 Å². The molecule has 0 spiro atoms. The smallest absolute Gasteiger partial charge is 0.334 e. The van der Waals surface area contributed by atoms with Crippen LogP contribution in [0.5, 0.6) is 0 Å². The number of allylic oxidation sites excluding steroid dienone is 1. The van der Waals surface area contributed by atoms with Gasteiger partial charge in [0.05, 0.1) is 0 Å². The van der Waals surface area contributed by atoms with Crippen molar-refractivity contribution >= 4 is 11.8 Å². The van der Waals surface area contributed by atoms with E-state index in [-0.39, 0.29) is 22.9 Å². The van der Waals surface area contributed by atoms with Crippen LogP contribution < -0.4 is 0 Å². The summed E-state index contributed by atoms with van der Waals surface area (Å²) in [4.78, 5) is 24.4. The van der Waals surface area contributed by atoms with Gasteiger partial charge in [0.2, 0.25) is 0 Å². The van der Waals surface area contributed by atoms with Crippen molar-refractivity contribution in [1.82, 2.24) is 0 Å². The van der Waals surface area contributed by atoms with E-state index in [1.54, 1.807) is 0 Å². The molecule has 1 unspecified atom stereocenters. The second-order valence-electron chi connectivity index (χ2n) is 8.72. The van der Waals surface area contributed by atoms with E-state index in [9.17, 15) is 9.59 Å². The van der Waals surface area contributed by atoms with Crippen LogP contribution in [-0.4, -0.2) is 17.9 Å². The van der Waals surface area contributed by atoms with Crippen molar-refractivity contribution < 1.29 is 14.3 Å². The summed E-state index contributed by atoms with van der Waals surface area (Å²) >= 11 is 0. The number of rotatable bonds is 0. The fourth-order valence-corrected chi connectivity index (χ4v) is 5.94. The summed E-state index contributed by atoms with van der Waals surface area (Å²) in [6.45, 7) is 8.53. The summed E-state index contributed by atoms with van der Waals surface area (Å²) in [5.41, 5.74) is 3.30. The molecule has 4 atom stereocenters. The lowest BCUT2D eigenvalue weighted by Gasteiger charge is -2.58. The molecule has 0 aromatic heterocycles. The van der Waals surface area contributed by atoms with Gasteiger partial charge in [-0.3, -0.25) is 4.79 Å². The highest BCUT2D eigenvalue weighted by Crippen LogP contribution is 2.62. The number of hydrogen-bond acceptors (Lipinski definition) is 3. The second kappa shape index (κ2) is 4.58. The Labute approximate surface area is 138 Å². The van der Waals surface area contributed by atoms with Crippen LogP contribution >= 0.6 is 0 Å². The molecule has 3 heteroatoms. The lowest BCUT2D eigenvalue weighted by atomic mass is 9.46. The number of Topliss-reactive ketones (excluding diaryl/α,β-unsaturated/α-hetero) is 1. The zero-order valence-corrected chi connectivity index (χ0v) is 14.6. The second-order valence-corrected chi connectivity index (χ2v) is 8.72. The van der Waals surface area contributed by atoms with E-state index >= 15 is 0 Å². The fraction of sp³-hybridized carbons (Fsp3) is 0.700. The van der Waals surface area contributed by atoms with Gasteiger partial charge in [-0.2, -0.15) is 0 Å². The maximum Gasteiger partial charge on any atom is 0.334 e. The van der Waals surface area contributed by atoms with Gasteiger partial charge in [0.1, 0.15) is 11.9 Å². The largest absolute Gasteiger partial charge is 0.454 e. The molecular weight excluding hydrogens is 288 g/mol. The highest BCUT2D eigenvalue weighted by atomic mass is 16.5. The number of ether oxygens (including phenoxy) is 1. The van der Waals surface area contributed by atoms with Crippen LogP contribution in [0.25, 0.3) is 0 Å². The normalized spacial score (nSPS) is 41.7. The van der Waals surface area contributed by atoms with E-state index < -0.39 is 0 Å². The minimum absolute atomic E-state index is 0.0624. The van der Waals surface area contributed by atoms with Crippen LogP contribution in [0.4, 0.5) is 0 Å². The van der Waals surface area contributed by atoms with Crippen molar-refractivity contribution in [2.45, 2.75) is 65.9 Å². The van der Waals surface area contributed by atoms with Crippen molar-refractivity contribution in [3.05, 3.63) is 22.8 Å². The number of hydrogen-bond donors (Lipinski definition) is 0. The third-order valence-corrected chi connectivity index (χ3v) is 7.37. The molecule has 0 N–H and O–H groups in total. The molecule has 1 aliphatic heterocycles. The van der Waals surface area contributed by atoms with E-state index in [2.05, 4.69) is 26.8 Å². The van der Waals surface area contributed by atoms with Crippen LogP contribution in [0.15, 0.2) is 22.8 Å². The Morgan fingerprint density at radius 3 is 2.65 bits per heavy atom. The third kappa shape index (κ3) is 1.88. The quantitative estimate of drug-likeness (QED) is 0.635. The minimum Gasteiger partial charge on any atom is -0.454 e. The third-order valence-electron chi connectivity index (χ3n) is 7.37. The number of ketones is 1. The molecule has 0 aromatic rings. The first-order valence-corrected chi connectivity index (χ1v) is 8.90. The van der Waals surface area contributed by atoms with Crippen LogP contribution in [0, 0.1) is 22.7 Å². The predicted octanol–water partition coefficient (Wildman–Crippen LogP) is 3.98. The van der Waals surface area contributed by atoms with Gasteiger partial charge in [0, 0.05) is 23.0 Å². The number of carbonyl (C=O) groups excluding carboxylic acids is 2. The van der Waals surface area contributed by atoms with Gasteiger partial charge in [0.25, 0.3) is 0 Å². The Balaban J connectivity index is 1.75. The summed E-state index contributed by atoms with van der Waals surface area (Å²) in [6.07, 6.45) is 6.90. The first kappa shape index (κ1) is 15.2. The lowest BCUT2D eigenvalue weighted by molar-refractivity contribution is -0.147. The predicted molar refractivity (Wildman–Crippen MR) is 87.6 cm³/mol. The lowest BCUT2D eigenvalue weighted by Crippen LogP contribution is -2.54. The summed E-state index contributed by atoms with van der Waals surface area (Å²) in [7, 11) is 0. The molecule has 0 saturated heterocycles. The van der Waals surface area contributed by atoms with E-state index in [4.69, 9.17) is 4.74 Å². The van der Waals surface area contributed by atoms with E-state index in [0.717, 1.165) is 36.8 Å². The SMILES string of the molecule is CC1=C2C=C3CC[C@@H]4C(C)(C)C(=O)CC[C@@]4(C)[C@@H]3CC2OC1=O. The molecule has 0 radical (unpaired) electrons. The molecule has 3 aliphatic carbocycles. The molecule has 23 heavy (non-hydrogen) atoms. The molecule has 0 aromatic carbocycles. The van der Waals surface area contributed by atoms with Crippen LogP contribution in [-0.2, 0) is 14.3 Å². The number of carbonyl (C=O) groups is 2. The Kier molecular flexibility index (Phi) is 3.02. The molecule has 3 nitrogen and oxygen atoms in total. The molecule has 0 bridgehead atoms. The van der Waals surface area contributed by atoms with E-state index in [1.165, 1.54) is 5.57 Å². The van der Waals surface area contributed by atoms with E-state index in [1.807, 2.05) is 6.92 Å². The molecule has 4 rings (SSSR count). The maximum atomic E-state index is 12.5. The zero-order chi connectivity index (χ0) is 16.6. The molecule has 4 aliphatic rings. The average molecular weight is 314 g/mol. The molecule has 124 valence electrons. The van der Waals surface area contributed by atoms with Crippen LogP contribution in [0.3, 0.4) is 0 Å². The maximum absolute atomic E-state index is 12.5. The minimum atomic E-state index is -0.225. The first-order valence-electron chi connectivity index (χ1n) is 8.90. The van der Waals surface area contributed by atoms with E-state index in [0.29, 0.717) is 24.0 Å². The number of fused-ring (bicyclic) bond motifs is 4. The fourth-order valence-electron chi connectivity index (χ4n) is 5.94. The zero-order valence-electron chi connectivity index (χ0n) is 14.6. The Hall–Kier alpha value is -1.38. The molecular formula is C20H26O3. The summed E-state index contributed by atoms with van der Waals surface area (Å²) in [6, 6.07) is 0. The Morgan fingerprint density at radius 1 is 1.17 bits per heavy atom. The van der Waals surface area contributed by atoms with Gasteiger partial charge in [-0.15, -0.1) is 0 Å². The summed E-state index contributed by atoms with van der Waals surface area (Å²) in [5, 5.41) is 0. The van der Waals surface area contributed by atoms with Crippen molar-refractivity contribution in [3.8, 4) is 0 Å². The van der Waals surface area contributed by atoms with Gasteiger partial charge in [-0.1, -0.05) is 32.4 Å². The van der Waals surface area contributed by atoms with Gasteiger partial charge in [-0.05, 0) is 49.9 Å². The van der Waals surface area contributed by atoms with Gasteiger partial charge < -0.3 is 4.74 Å². The summed E-state index contributed by atoms with van der Waals surface area (Å²) < 4.78 is 5.60. The highest BCUT2D eigenvalue weighted by Gasteiger charge is 2.57. The Morgan fingerprint density at radius 2 is 1.91 bits per heavy atom. The average Bonchev–Trinajstić information content (AvgIpc) is 2.77. The van der Waals surface area contributed by atoms with Crippen molar-refractivity contribution in [3.63, 3.8) is 0 Å². The van der Waals surface area contributed by atoms with Gasteiger partial charge >= 0.3 is 5.97 Å². The Bertz CT molecular complexity index is 666. The van der Waals surface area contributed by atoms with Crippen molar-refractivity contribution in [2.24, 2.45) is 22.7 Å². The highest BCUT2D eigenvalue weighted by molar-refractivity contribution is 5.92. The molecule has 1 heterocycles. The monoisotopic (exact) mass is 314 g/mol. The topological polar surface area (TPSA) is 43.4 Å². The van der Waals surface area contributed by atoms with Crippen molar-refractivity contribution in [1.29, 1.82) is 0 Å². The number of esters is 1. The van der Waals surface area contributed by atoms with Crippen molar-refractivity contribution in [2.75, 3.05) is 0 Å². The molecule has 2 fully saturated rings.